The summed E-state index contributed by atoms with van der Waals surface area (Å²) < 4.78 is 1.74. The Kier molecular flexibility index (Phi) is 8.61. The number of piperazine rings is 1. The molecule has 8 nitrogen and oxygen atoms in total. The molecule has 1 aliphatic heterocycles. The zero-order chi connectivity index (χ0) is 21.5. The molecule has 1 aromatic heterocycles. The quantitative estimate of drug-likeness (QED) is 0.222. The lowest BCUT2D eigenvalue weighted by atomic mass is 10.2. The van der Waals surface area contributed by atoms with Gasteiger partial charge in [0.25, 0.3) is 5.69 Å². The normalized spacial score (nSPS) is 14.2. The average molecular weight is 488 g/mol. The fraction of sp³-hybridized carbons (Fsp3) is 0.500. The highest BCUT2D eigenvalue weighted by Gasteiger charge is 2.26. The minimum Gasteiger partial charge on any atom is -0.362 e. The van der Waals surface area contributed by atoms with Crippen molar-refractivity contribution in [2.24, 2.45) is 0 Å². The van der Waals surface area contributed by atoms with Crippen LogP contribution >= 0.6 is 46.5 Å². The number of hydrogen-bond donors (Lipinski definition) is 0. The third kappa shape index (κ3) is 6.22. The molecule has 1 saturated heterocycles. The van der Waals surface area contributed by atoms with E-state index in [9.17, 15) is 14.9 Å². The fourth-order valence-corrected chi connectivity index (χ4v) is 6.18. The van der Waals surface area contributed by atoms with Gasteiger partial charge in [-0.2, -0.15) is 0 Å². The minimum atomic E-state index is -0.424. The second-order valence-electron chi connectivity index (χ2n) is 6.58. The van der Waals surface area contributed by atoms with Crippen LogP contribution in [0.1, 0.15) is 19.8 Å². The molecule has 1 amide bonds. The van der Waals surface area contributed by atoms with Gasteiger partial charge in [-0.05, 0) is 18.6 Å². The molecule has 0 bridgehead atoms. The average Bonchev–Trinajstić information content (AvgIpc) is 3.20. The van der Waals surface area contributed by atoms with Gasteiger partial charge in [0.15, 0.2) is 8.68 Å². The molecule has 0 spiro atoms. The van der Waals surface area contributed by atoms with Crippen LogP contribution in [0.4, 0.5) is 11.4 Å². The maximum atomic E-state index is 12.6. The van der Waals surface area contributed by atoms with Gasteiger partial charge in [0.1, 0.15) is 5.69 Å². The van der Waals surface area contributed by atoms with Crippen molar-refractivity contribution in [2.75, 3.05) is 42.6 Å². The molecule has 162 valence electrons. The van der Waals surface area contributed by atoms with Crippen LogP contribution in [0.15, 0.2) is 26.9 Å². The monoisotopic (exact) mass is 487 g/mol. The molecular formula is C18H22ClN5O3S3. The Labute approximate surface area is 192 Å². The molecule has 1 fully saturated rings. The minimum absolute atomic E-state index is 0.0123. The van der Waals surface area contributed by atoms with Crippen LogP contribution in [-0.4, -0.2) is 63.6 Å². The number of carbonyl (C=O) groups is 1. The summed E-state index contributed by atoms with van der Waals surface area (Å²) in [6.45, 7) is 4.27. The summed E-state index contributed by atoms with van der Waals surface area (Å²) in [6, 6.07) is 4.68. The lowest BCUT2D eigenvalue weighted by molar-refractivity contribution is -0.384. The maximum absolute atomic E-state index is 12.6. The third-order valence-electron chi connectivity index (χ3n) is 4.54. The van der Waals surface area contributed by atoms with E-state index in [4.69, 9.17) is 11.6 Å². The Balaban J connectivity index is 1.48. The van der Waals surface area contributed by atoms with Gasteiger partial charge in [-0.1, -0.05) is 59.8 Å². The Morgan fingerprint density at radius 2 is 1.93 bits per heavy atom. The van der Waals surface area contributed by atoms with Gasteiger partial charge in [-0.25, -0.2) is 0 Å². The number of anilines is 1. The van der Waals surface area contributed by atoms with Gasteiger partial charge in [0.2, 0.25) is 5.91 Å². The molecule has 2 aromatic rings. The molecule has 30 heavy (non-hydrogen) atoms. The van der Waals surface area contributed by atoms with Gasteiger partial charge < -0.3 is 9.80 Å². The molecular weight excluding hydrogens is 466 g/mol. The lowest BCUT2D eigenvalue weighted by Gasteiger charge is -2.35. The number of halogens is 1. The SMILES string of the molecule is CCCCSc1nnc(SCC(=O)N2CCN(c3ccc(Cl)cc3[N+](=O)[O-])CC2)s1. The van der Waals surface area contributed by atoms with E-state index in [0.29, 0.717) is 42.6 Å². The number of aromatic nitrogens is 2. The van der Waals surface area contributed by atoms with Crippen molar-refractivity contribution in [3.63, 3.8) is 0 Å². The summed E-state index contributed by atoms with van der Waals surface area (Å²) in [4.78, 5) is 27.2. The Morgan fingerprint density at radius 1 is 1.23 bits per heavy atom. The highest BCUT2D eigenvalue weighted by atomic mass is 35.5. The van der Waals surface area contributed by atoms with E-state index in [1.54, 1.807) is 28.8 Å². The molecule has 0 atom stereocenters. The largest absolute Gasteiger partial charge is 0.362 e. The van der Waals surface area contributed by atoms with E-state index in [2.05, 4.69) is 17.1 Å². The first-order valence-corrected chi connectivity index (χ1v) is 12.7. The highest BCUT2D eigenvalue weighted by Crippen LogP contribution is 2.32. The number of hydrogen-bond acceptors (Lipinski definition) is 9. The van der Waals surface area contributed by atoms with Crippen molar-refractivity contribution >= 4 is 63.7 Å². The first kappa shape index (κ1) is 23.1. The van der Waals surface area contributed by atoms with Crippen LogP contribution in [-0.2, 0) is 4.79 Å². The number of thioether (sulfide) groups is 2. The van der Waals surface area contributed by atoms with Crippen molar-refractivity contribution in [1.29, 1.82) is 0 Å². The molecule has 0 radical (unpaired) electrons. The van der Waals surface area contributed by atoms with E-state index >= 15 is 0 Å². The number of carbonyl (C=O) groups excluding carboxylic acids is 1. The zero-order valence-electron chi connectivity index (χ0n) is 16.5. The van der Waals surface area contributed by atoms with Crippen LogP contribution in [0.25, 0.3) is 0 Å². The predicted octanol–water partition coefficient (Wildman–Crippen LogP) is 4.43. The molecule has 0 aliphatic carbocycles. The molecule has 1 aliphatic rings. The van der Waals surface area contributed by atoms with Gasteiger partial charge in [0, 0.05) is 43.0 Å². The summed E-state index contributed by atoms with van der Waals surface area (Å²) in [6.07, 6.45) is 2.30. The molecule has 1 aromatic carbocycles. The van der Waals surface area contributed by atoms with Crippen LogP contribution < -0.4 is 4.90 Å². The van der Waals surface area contributed by atoms with Gasteiger partial charge >= 0.3 is 0 Å². The summed E-state index contributed by atoms with van der Waals surface area (Å²) in [7, 11) is 0. The van der Waals surface area contributed by atoms with Crippen LogP contribution in [0.5, 0.6) is 0 Å². The van der Waals surface area contributed by atoms with Crippen molar-refractivity contribution in [1.82, 2.24) is 15.1 Å². The van der Waals surface area contributed by atoms with Crippen molar-refractivity contribution in [3.05, 3.63) is 33.3 Å². The molecule has 0 N–H and O–H groups in total. The predicted molar refractivity (Wildman–Crippen MR) is 123 cm³/mol. The van der Waals surface area contributed by atoms with Gasteiger partial charge in [-0.3, -0.25) is 14.9 Å². The number of nitro groups is 1. The number of nitrogens with zero attached hydrogens (tertiary/aromatic N) is 5. The number of rotatable bonds is 9. The number of unbranched alkanes of at least 4 members (excludes halogenated alkanes) is 1. The van der Waals surface area contributed by atoms with E-state index in [1.165, 1.54) is 29.2 Å². The molecule has 0 unspecified atom stereocenters. The van der Waals surface area contributed by atoms with E-state index in [0.717, 1.165) is 27.3 Å². The fourth-order valence-electron chi connectivity index (χ4n) is 2.94. The molecule has 2 heterocycles. The summed E-state index contributed by atoms with van der Waals surface area (Å²) in [5.41, 5.74) is 0.523. The number of amides is 1. The molecule has 3 rings (SSSR count). The zero-order valence-corrected chi connectivity index (χ0v) is 19.7. The topological polar surface area (TPSA) is 92.5 Å². The van der Waals surface area contributed by atoms with Crippen molar-refractivity contribution in [2.45, 2.75) is 28.4 Å². The second-order valence-corrected chi connectivity index (χ2v) is 10.6. The smallest absolute Gasteiger partial charge is 0.294 e. The first-order valence-electron chi connectivity index (χ1n) is 9.53. The Hall–Kier alpha value is -1.56. The lowest BCUT2D eigenvalue weighted by Crippen LogP contribution is -2.49. The summed E-state index contributed by atoms with van der Waals surface area (Å²) in [5, 5.41) is 20.0. The highest BCUT2D eigenvalue weighted by molar-refractivity contribution is 8.03. The van der Waals surface area contributed by atoms with Crippen molar-refractivity contribution in [3.8, 4) is 0 Å². The van der Waals surface area contributed by atoms with E-state index in [-0.39, 0.29) is 11.6 Å². The van der Waals surface area contributed by atoms with Gasteiger partial charge in [0.05, 0.1) is 10.7 Å². The number of nitro benzene ring substituents is 1. The standard InChI is InChI=1S/C18H22ClN5O3S3/c1-2-3-10-28-17-20-21-18(30-17)29-12-16(25)23-8-6-22(7-9-23)14-5-4-13(19)11-15(14)24(26)27/h4-5,11H,2-3,6-10,12H2,1H3. The van der Waals surface area contributed by atoms with Crippen LogP contribution in [0.2, 0.25) is 5.02 Å². The van der Waals surface area contributed by atoms with Crippen molar-refractivity contribution < 1.29 is 9.72 Å². The number of benzene rings is 1. The third-order valence-corrected chi connectivity index (χ3v) is 8.03. The maximum Gasteiger partial charge on any atom is 0.294 e. The van der Waals surface area contributed by atoms with E-state index in [1.807, 2.05) is 4.90 Å². The molecule has 12 heteroatoms. The Morgan fingerprint density at radius 3 is 2.60 bits per heavy atom. The van der Waals surface area contributed by atoms with E-state index < -0.39 is 4.92 Å². The van der Waals surface area contributed by atoms with Crippen LogP contribution in [0.3, 0.4) is 0 Å². The van der Waals surface area contributed by atoms with Crippen LogP contribution in [0, 0.1) is 10.1 Å². The Bertz CT molecular complexity index is 890. The molecule has 0 saturated carbocycles. The summed E-state index contributed by atoms with van der Waals surface area (Å²) >= 11 is 10.5. The first-order chi connectivity index (χ1) is 14.5. The second kappa shape index (κ2) is 11.2. The van der Waals surface area contributed by atoms with Gasteiger partial charge in [-0.15, -0.1) is 10.2 Å². The summed E-state index contributed by atoms with van der Waals surface area (Å²) in [5.74, 6) is 1.39.